The van der Waals surface area contributed by atoms with Crippen molar-refractivity contribution in [3.8, 4) is 11.1 Å². The third-order valence-corrected chi connectivity index (χ3v) is 3.92. The highest BCUT2D eigenvalue weighted by molar-refractivity contribution is 5.98. The molecule has 0 radical (unpaired) electrons. The maximum Gasteiger partial charge on any atom is 0.251 e. The van der Waals surface area contributed by atoms with Gasteiger partial charge in [-0.2, -0.15) is 0 Å². The van der Waals surface area contributed by atoms with E-state index in [0.29, 0.717) is 18.5 Å². The molecule has 2 amide bonds. The van der Waals surface area contributed by atoms with Crippen LogP contribution in [0.15, 0.2) is 36.4 Å². The fourth-order valence-corrected chi connectivity index (χ4v) is 2.79. The molecule has 0 aliphatic carbocycles. The first kappa shape index (κ1) is 15.2. The van der Waals surface area contributed by atoms with Crippen molar-refractivity contribution in [3.05, 3.63) is 53.3 Å². The third-order valence-electron chi connectivity index (χ3n) is 3.92. The molecule has 0 saturated carbocycles. The maximum absolute atomic E-state index is 12.2. The first-order chi connectivity index (χ1) is 11.0. The van der Waals surface area contributed by atoms with Gasteiger partial charge < -0.3 is 10.6 Å². The van der Waals surface area contributed by atoms with Crippen molar-refractivity contribution in [2.24, 2.45) is 0 Å². The van der Waals surface area contributed by atoms with Gasteiger partial charge in [0.05, 0.1) is 0 Å². The zero-order chi connectivity index (χ0) is 16.4. The summed E-state index contributed by atoms with van der Waals surface area (Å²) >= 11 is 0. The second-order valence-corrected chi connectivity index (χ2v) is 5.82. The van der Waals surface area contributed by atoms with E-state index in [2.05, 4.69) is 15.6 Å². The number of aryl methyl sites for hydroxylation is 2. The van der Waals surface area contributed by atoms with Gasteiger partial charge in [0.25, 0.3) is 5.91 Å². The van der Waals surface area contributed by atoms with Crippen LogP contribution in [0.2, 0.25) is 0 Å². The van der Waals surface area contributed by atoms with Crippen LogP contribution in [0.1, 0.15) is 28.2 Å². The second kappa shape index (κ2) is 6.20. The minimum Gasteiger partial charge on any atom is -0.354 e. The molecule has 5 heteroatoms. The van der Waals surface area contributed by atoms with Gasteiger partial charge in [0, 0.05) is 23.5 Å². The largest absolute Gasteiger partial charge is 0.354 e. The highest BCUT2D eigenvalue weighted by Gasteiger charge is 2.25. The molecule has 0 bridgehead atoms. The number of carbonyl (C=O) groups excluding carboxylic acids is 2. The minimum atomic E-state index is -0.423. The lowest BCUT2D eigenvalue weighted by atomic mass is 10.0. The van der Waals surface area contributed by atoms with Crippen LogP contribution in [0.3, 0.4) is 0 Å². The van der Waals surface area contributed by atoms with Crippen molar-refractivity contribution in [2.75, 3.05) is 6.54 Å². The lowest BCUT2D eigenvalue weighted by molar-refractivity contribution is -0.120. The van der Waals surface area contributed by atoms with Crippen molar-refractivity contribution >= 4 is 11.8 Å². The minimum absolute atomic E-state index is 0.113. The van der Waals surface area contributed by atoms with Crippen LogP contribution in [0, 0.1) is 13.8 Å². The number of aromatic nitrogens is 1. The van der Waals surface area contributed by atoms with Gasteiger partial charge in [-0.05, 0) is 55.7 Å². The smallest absolute Gasteiger partial charge is 0.251 e. The summed E-state index contributed by atoms with van der Waals surface area (Å²) in [6, 6.07) is 11.0. The monoisotopic (exact) mass is 309 g/mol. The van der Waals surface area contributed by atoms with Crippen molar-refractivity contribution in [2.45, 2.75) is 26.3 Å². The summed E-state index contributed by atoms with van der Waals surface area (Å²) in [5, 5.41) is 5.47. The number of nitrogens with one attached hydrogen (secondary N) is 2. The molecule has 0 spiro atoms. The van der Waals surface area contributed by atoms with Gasteiger partial charge in [0.15, 0.2) is 0 Å². The van der Waals surface area contributed by atoms with Crippen LogP contribution in [-0.2, 0) is 4.79 Å². The van der Waals surface area contributed by atoms with E-state index in [4.69, 9.17) is 0 Å². The van der Waals surface area contributed by atoms with Crippen molar-refractivity contribution in [3.63, 3.8) is 0 Å². The number of rotatable bonds is 3. The molecule has 1 atom stereocenters. The van der Waals surface area contributed by atoms with Crippen LogP contribution in [0.5, 0.6) is 0 Å². The molecule has 3 rings (SSSR count). The molecule has 23 heavy (non-hydrogen) atoms. The molecule has 1 aliphatic rings. The summed E-state index contributed by atoms with van der Waals surface area (Å²) < 4.78 is 0. The lowest BCUT2D eigenvalue weighted by Gasteiger charge is -2.10. The standard InChI is InChI=1S/C18H19N3O2/c1-11-9-15(10-12(2)20-11)13-3-5-14(6-4-13)17(22)21-16-7-8-19-18(16)23/h3-6,9-10,16H,7-8H2,1-2H3,(H,19,23)(H,21,22)/t16-/m1/s1. The lowest BCUT2D eigenvalue weighted by Crippen LogP contribution is -2.40. The van der Waals surface area contributed by atoms with Crippen LogP contribution < -0.4 is 10.6 Å². The van der Waals surface area contributed by atoms with Gasteiger partial charge in [-0.25, -0.2) is 0 Å². The van der Waals surface area contributed by atoms with Crippen LogP contribution in [0.25, 0.3) is 11.1 Å². The Hall–Kier alpha value is -2.69. The summed E-state index contributed by atoms with van der Waals surface area (Å²) in [4.78, 5) is 28.1. The fourth-order valence-electron chi connectivity index (χ4n) is 2.79. The van der Waals surface area contributed by atoms with Crippen molar-refractivity contribution in [1.29, 1.82) is 0 Å². The summed E-state index contributed by atoms with van der Waals surface area (Å²) in [6.45, 7) is 4.54. The fraction of sp³-hybridized carbons (Fsp3) is 0.278. The van der Waals surface area contributed by atoms with Gasteiger partial charge in [0.1, 0.15) is 6.04 Å². The molecule has 2 aromatic rings. The Kier molecular flexibility index (Phi) is 4.10. The molecule has 2 heterocycles. The van der Waals surface area contributed by atoms with Gasteiger partial charge >= 0.3 is 0 Å². The Morgan fingerprint density at radius 3 is 2.35 bits per heavy atom. The summed E-state index contributed by atoms with van der Waals surface area (Å²) in [7, 11) is 0. The Labute approximate surface area is 135 Å². The second-order valence-electron chi connectivity index (χ2n) is 5.82. The molecular formula is C18H19N3O2. The average Bonchev–Trinajstić information content (AvgIpc) is 2.91. The van der Waals surface area contributed by atoms with E-state index in [1.807, 2.05) is 38.1 Å². The van der Waals surface area contributed by atoms with E-state index >= 15 is 0 Å². The Morgan fingerprint density at radius 2 is 1.78 bits per heavy atom. The van der Waals surface area contributed by atoms with Gasteiger partial charge in [-0.3, -0.25) is 14.6 Å². The van der Waals surface area contributed by atoms with E-state index in [-0.39, 0.29) is 11.8 Å². The molecule has 0 unspecified atom stereocenters. The van der Waals surface area contributed by atoms with Gasteiger partial charge in [-0.15, -0.1) is 0 Å². The number of nitrogens with zero attached hydrogens (tertiary/aromatic N) is 1. The molecule has 1 aromatic carbocycles. The van der Waals surface area contributed by atoms with E-state index in [0.717, 1.165) is 22.5 Å². The molecule has 1 saturated heterocycles. The highest BCUT2D eigenvalue weighted by atomic mass is 16.2. The number of benzene rings is 1. The summed E-state index contributed by atoms with van der Waals surface area (Å²) in [5.74, 6) is -0.335. The molecule has 1 aliphatic heterocycles. The quantitative estimate of drug-likeness (QED) is 0.911. The topological polar surface area (TPSA) is 71.1 Å². The van der Waals surface area contributed by atoms with Crippen molar-refractivity contribution in [1.82, 2.24) is 15.6 Å². The molecule has 1 fully saturated rings. The molecular weight excluding hydrogens is 290 g/mol. The predicted molar refractivity (Wildman–Crippen MR) is 88.0 cm³/mol. The van der Waals surface area contributed by atoms with E-state index < -0.39 is 6.04 Å². The van der Waals surface area contributed by atoms with Crippen LogP contribution in [0.4, 0.5) is 0 Å². The van der Waals surface area contributed by atoms with Gasteiger partial charge in [-0.1, -0.05) is 12.1 Å². The summed E-state index contributed by atoms with van der Waals surface area (Å²) in [6.07, 6.45) is 0.637. The first-order valence-electron chi connectivity index (χ1n) is 7.67. The first-order valence-corrected chi connectivity index (χ1v) is 7.67. The zero-order valence-electron chi connectivity index (χ0n) is 13.2. The van der Waals surface area contributed by atoms with Crippen molar-refractivity contribution < 1.29 is 9.59 Å². The zero-order valence-corrected chi connectivity index (χ0v) is 13.2. The number of pyridine rings is 1. The van der Waals surface area contributed by atoms with E-state index in [9.17, 15) is 9.59 Å². The highest BCUT2D eigenvalue weighted by Crippen LogP contribution is 2.21. The molecule has 2 N–H and O–H groups in total. The van der Waals surface area contributed by atoms with Gasteiger partial charge in [0.2, 0.25) is 5.91 Å². The van der Waals surface area contributed by atoms with E-state index in [1.54, 1.807) is 12.1 Å². The predicted octanol–water partition coefficient (Wildman–Crippen LogP) is 1.98. The molecule has 118 valence electrons. The number of hydrogen-bond acceptors (Lipinski definition) is 3. The molecule has 5 nitrogen and oxygen atoms in total. The Morgan fingerprint density at radius 1 is 1.13 bits per heavy atom. The number of carbonyl (C=O) groups is 2. The molecule has 1 aromatic heterocycles. The third kappa shape index (κ3) is 3.39. The maximum atomic E-state index is 12.2. The Bertz CT molecular complexity index is 733. The number of amides is 2. The average molecular weight is 309 g/mol. The summed E-state index contributed by atoms with van der Waals surface area (Å²) in [5.41, 5.74) is 4.60. The number of hydrogen-bond donors (Lipinski definition) is 2. The SMILES string of the molecule is Cc1cc(-c2ccc(C(=O)N[C@@H]3CCNC3=O)cc2)cc(C)n1. The normalized spacial score (nSPS) is 17.0. The Balaban J connectivity index is 1.76. The van der Waals surface area contributed by atoms with E-state index in [1.165, 1.54) is 0 Å². The van der Waals surface area contributed by atoms with Crippen LogP contribution >= 0.6 is 0 Å². The van der Waals surface area contributed by atoms with Crippen LogP contribution in [-0.4, -0.2) is 29.4 Å².